The van der Waals surface area contributed by atoms with Gasteiger partial charge >= 0.3 is 12.4 Å². The topological polar surface area (TPSA) is 72.0 Å². The second kappa shape index (κ2) is 9.42. The number of rotatable bonds is 7. The molecule has 1 atom stereocenters. The van der Waals surface area contributed by atoms with Gasteiger partial charge in [0, 0.05) is 11.8 Å². The van der Waals surface area contributed by atoms with Gasteiger partial charge < -0.3 is 14.4 Å². The Hall–Kier alpha value is -4.08. The molecular weight excluding hydrogens is 451 g/mol. The van der Waals surface area contributed by atoms with Crippen molar-refractivity contribution in [1.29, 1.82) is 0 Å². The first kappa shape index (κ1) is 23.1. The lowest BCUT2D eigenvalue weighted by molar-refractivity contribution is -0.274. The fourth-order valence-electron chi connectivity index (χ4n) is 3.54. The molecule has 0 spiro atoms. The van der Waals surface area contributed by atoms with Crippen molar-refractivity contribution in [2.24, 2.45) is 0 Å². The van der Waals surface area contributed by atoms with Crippen LogP contribution < -0.4 is 14.4 Å². The van der Waals surface area contributed by atoms with Crippen LogP contribution in [0.4, 0.5) is 23.7 Å². The van der Waals surface area contributed by atoms with Crippen molar-refractivity contribution in [1.82, 2.24) is 9.88 Å². The van der Waals surface area contributed by atoms with Crippen molar-refractivity contribution >= 4 is 17.6 Å². The van der Waals surface area contributed by atoms with E-state index in [0.717, 1.165) is 22.6 Å². The van der Waals surface area contributed by atoms with Gasteiger partial charge in [0.1, 0.15) is 24.1 Å². The van der Waals surface area contributed by atoms with Crippen molar-refractivity contribution in [3.8, 4) is 11.5 Å². The monoisotopic (exact) mass is 471 g/mol. The normalized spacial score (nSPS) is 16.2. The number of carbonyl (C=O) groups excluding carboxylic acids is 2. The first-order valence-electron chi connectivity index (χ1n) is 10.3. The zero-order chi connectivity index (χ0) is 24.3. The Morgan fingerprint density at radius 1 is 1.00 bits per heavy atom. The van der Waals surface area contributed by atoms with Crippen LogP contribution in [0.3, 0.4) is 0 Å². The molecule has 0 N–H and O–H groups in total. The average Bonchev–Trinajstić information content (AvgIpc) is 3.02. The molecule has 1 unspecified atom stereocenters. The molecule has 1 aromatic heterocycles. The van der Waals surface area contributed by atoms with Gasteiger partial charge in [0.15, 0.2) is 0 Å². The molecule has 0 saturated carbocycles. The van der Waals surface area contributed by atoms with Gasteiger partial charge in [0.25, 0.3) is 5.91 Å². The van der Waals surface area contributed by atoms with Gasteiger partial charge in [-0.1, -0.05) is 30.3 Å². The molecule has 4 rings (SSSR count). The number of aromatic nitrogens is 1. The first-order valence-corrected chi connectivity index (χ1v) is 10.3. The Labute approximate surface area is 193 Å². The summed E-state index contributed by atoms with van der Waals surface area (Å²) in [5, 5.41) is 0. The molecule has 1 aliphatic rings. The highest BCUT2D eigenvalue weighted by molar-refractivity contribution is 6.21. The summed E-state index contributed by atoms with van der Waals surface area (Å²) in [4.78, 5) is 32.3. The van der Waals surface area contributed by atoms with Crippen molar-refractivity contribution < 1.29 is 32.2 Å². The summed E-state index contributed by atoms with van der Waals surface area (Å²) in [6, 6.07) is 14.4. The number of carbonyl (C=O) groups is 2. The highest BCUT2D eigenvalue weighted by atomic mass is 19.4. The smallest absolute Gasteiger partial charge is 0.487 e. The van der Waals surface area contributed by atoms with E-state index in [1.165, 1.54) is 17.0 Å². The predicted octanol–water partition coefficient (Wildman–Crippen LogP) is 4.92. The Balaban J connectivity index is 1.50. The van der Waals surface area contributed by atoms with Crippen LogP contribution in [-0.2, 0) is 17.9 Å². The molecular formula is C24H20F3N3O4. The van der Waals surface area contributed by atoms with Crippen LogP contribution in [0.25, 0.3) is 0 Å². The second-order valence-corrected chi connectivity index (χ2v) is 7.56. The maximum atomic E-state index is 13.1. The summed E-state index contributed by atoms with van der Waals surface area (Å²) in [7, 11) is 0. The molecule has 0 aliphatic carbocycles. The standard InChI is InChI=1S/C24H20F3N3O4/c1-16-22(31)30(19-7-9-20(10-8-19)34-24(25,26)27)23(32)29(16)14-18-11-12-28-13-21(18)33-15-17-5-3-2-4-6-17/h2-13,16H,14-15H2,1H3. The Morgan fingerprint density at radius 2 is 1.71 bits per heavy atom. The van der Waals surface area contributed by atoms with Crippen LogP contribution in [-0.4, -0.2) is 34.2 Å². The van der Waals surface area contributed by atoms with E-state index in [-0.39, 0.29) is 12.2 Å². The molecule has 10 heteroatoms. The van der Waals surface area contributed by atoms with Crippen LogP contribution in [0.1, 0.15) is 18.1 Å². The number of nitrogens with zero attached hydrogens (tertiary/aromatic N) is 3. The summed E-state index contributed by atoms with van der Waals surface area (Å²) in [5.74, 6) is -0.460. The molecule has 7 nitrogen and oxygen atoms in total. The Morgan fingerprint density at radius 3 is 2.38 bits per heavy atom. The number of urea groups is 1. The molecule has 3 amide bonds. The number of benzene rings is 2. The molecule has 34 heavy (non-hydrogen) atoms. The molecule has 1 aliphatic heterocycles. The Kier molecular flexibility index (Phi) is 6.40. The number of hydrogen-bond acceptors (Lipinski definition) is 5. The summed E-state index contributed by atoms with van der Waals surface area (Å²) < 4.78 is 46.9. The summed E-state index contributed by atoms with van der Waals surface area (Å²) >= 11 is 0. The van der Waals surface area contributed by atoms with Crippen LogP contribution in [0, 0.1) is 0 Å². The largest absolute Gasteiger partial charge is 0.573 e. The lowest BCUT2D eigenvalue weighted by Gasteiger charge is -2.21. The molecule has 3 aromatic rings. The molecule has 1 fully saturated rings. The van der Waals surface area contributed by atoms with E-state index in [4.69, 9.17) is 4.74 Å². The number of pyridine rings is 1. The molecule has 2 heterocycles. The zero-order valence-electron chi connectivity index (χ0n) is 18.0. The minimum Gasteiger partial charge on any atom is -0.487 e. The van der Waals surface area contributed by atoms with Gasteiger partial charge in [0.2, 0.25) is 0 Å². The van der Waals surface area contributed by atoms with E-state index in [1.807, 2.05) is 30.3 Å². The van der Waals surface area contributed by atoms with Crippen molar-refractivity contribution in [2.75, 3.05) is 4.90 Å². The second-order valence-electron chi connectivity index (χ2n) is 7.56. The van der Waals surface area contributed by atoms with Crippen LogP contribution >= 0.6 is 0 Å². The predicted molar refractivity (Wildman–Crippen MR) is 116 cm³/mol. The van der Waals surface area contributed by atoms with E-state index < -0.39 is 30.1 Å². The summed E-state index contributed by atoms with van der Waals surface area (Å²) in [6.07, 6.45) is -1.73. The van der Waals surface area contributed by atoms with Crippen LogP contribution in [0.5, 0.6) is 11.5 Å². The number of anilines is 1. The van der Waals surface area contributed by atoms with E-state index in [1.54, 1.807) is 25.4 Å². The SMILES string of the molecule is CC1C(=O)N(c2ccc(OC(F)(F)F)cc2)C(=O)N1Cc1ccncc1OCc1ccccc1. The van der Waals surface area contributed by atoms with E-state index in [0.29, 0.717) is 17.9 Å². The van der Waals surface area contributed by atoms with Crippen LogP contribution in [0.15, 0.2) is 73.1 Å². The fourth-order valence-corrected chi connectivity index (χ4v) is 3.54. The maximum Gasteiger partial charge on any atom is 0.573 e. The molecule has 2 aromatic carbocycles. The summed E-state index contributed by atoms with van der Waals surface area (Å²) in [6.45, 7) is 1.98. The molecule has 0 radical (unpaired) electrons. The third kappa shape index (κ3) is 5.11. The molecule has 0 bridgehead atoms. The van der Waals surface area contributed by atoms with E-state index in [2.05, 4.69) is 9.72 Å². The average molecular weight is 471 g/mol. The van der Waals surface area contributed by atoms with Crippen molar-refractivity contribution in [3.63, 3.8) is 0 Å². The van der Waals surface area contributed by atoms with Crippen LogP contribution in [0.2, 0.25) is 0 Å². The van der Waals surface area contributed by atoms with Gasteiger partial charge in [-0.25, -0.2) is 9.69 Å². The maximum absolute atomic E-state index is 13.1. The third-order valence-electron chi connectivity index (χ3n) is 5.26. The highest BCUT2D eigenvalue weighted by Gasteiger charge is 2.43. The quantitative estimate of drug-likeness (QED) is 0.458. The van der Waals surface area contributed by atoms with Gasteiger partial charge in [-0.05, 0) is 42.8 Å². The van der Waals surface area contributed by atoms with Gasteiger partial charge in [0.05, 0.1) is 18.4 Å². The van der Waals surface area contributed by atoms with Gasteiger partial charge in [-0.15, -0.1) is 13.2 Å². The number of imide groups is 1. The number of amides is 3. The van der Waals surface area contributed by atoms with Crippen molar-refractivity contribution in [3.05, 3.63) is 84.2 Å². The number of ether oxygens (including phenoxy) is 2. The number of alkyl halides is 3. The van der Waals surface area contributed by atoms with Crippen molar-refractivity contribution in [2.45, 2.75) is 32.5 Å². The first-order chi connectivity index (χ1) is 16.2. The minimum atomic E-state index is -4.84. The van der Waals surface area contributed by atoms with Gasteiger partial charge in [-0.3, -0.25) is 9.78 Å². The molecule has 176 valence electrons. The highest BCUT2D eigenvalue weighted by Crippen LogP contribution is 2.31. The summed E-state index contributed by atoms with van der Waals surface area (Å²) in [5.41, 5.74) is 1.77. The molecule has 1 saturated heterocycles. The zero-order valence-corrected chi connectivity index (χ0v) is 18.0. The fraction of sp³-hybridized carbons (Fsp3) is 0.208. The van der Waals surface area contributed by atoms with E-state index >= 15 is 0 Å². The minimum absolute atomic E-state index is 0.0875. The number of halogens is 3. The number of hydrogen-bond donors (Lipinski definition) is 0. The Bertz CT molecular complexity index is 1170. The van der Waals surface area contributed by atoms with E-state index in [9.17, 15) is 22.8 Å². The lowest BCUT2D eigenvalue weighted by atomic mass is 10.2. The third-order valence-corrected chi connectivity index (χ3v) is 5.26. The lowest BCUT2D eigenvalue weighted by Crippen LogP contribution is -2.33. The van der Waals surface area contributed by atoms with Gasteiger partial charge in [-0.2, -0.15) is 0 Å².